The minimum Gasteiger partial charge on any atom is -0.357 e. The summed E-state index contributed by atoms with van der Waals surface area (Å²) in [6.07, 6.45) is 5.21. The van der Waals surface area contributed by atoms with Crippen LogP contribution in [0.2, 0.25) is 0 Å². The van der Waals surface area contributed by atoms with Gasteiger partial charge in [0, 0.05) is 51.7 Å². The van der Waals surface area contributed by atoms with Gasteiger partial charge in [-0.25, -0.2) is 0 Å². The highest BCUT2D eigenvalue weighted by atomic mass is 127. The first kappa shape index (κ1) is 23.9. The summed E-state index contributed by atoms with van der Waals surface area (Å²) in [6, 6.07) is 11.0. The molecule has 0 aromatic heterocycles. The molecule has 29 heavy (non-hydrogen) atoms. The molecule has 2 fully saturated rings. The van der Waals surface area contributed by atoms with Crippen LogP contribution in [0.1, 0.15) is 44.6 Å². The van der Waals surface area contributed by atoms with Crippen LogP contribution in [-0.2, 0) is 11.3 Å². The van der Waals surface area contributed by atoms with E-state index in [2.05, 4.69) is 57.7 Å². The van der Waals surface area contributed by atoms with Crippen molar-refractivity contribution in [3.05, 3.63) is 35.9 Å². The van der Waals surface area contributed by atoms with Gasteiger partial charge in [-0.2, -0.15) is 0 Å². The van der Waals surface area contributed by atoms with Crippen molar-refractivity contribution in [3.63, 3.8) is 0 Å². The van der Waals surface area contributed by atoms with Crippen molar-refractivity contribution in [2.24, 2.45) is 4.99 Å². The molecule has 0 spiro atoms. The number of aliphatic imine (C=N–C) groups is 1. The second-order valence-corrected chi connectivity index (χ2v) is 7.78. The van der Waals surface area contributed by atoms with Gasteiger partial charge in [0.2, 0.25) is 5.91 Å². The van der Waals surface area contributed by atoms with Gasteiger partial charge in [-0.05, 0) is 25.3 Å². The molecule has 3 rings (SSSR count). The summed E-state index contributed by atoms with van der Waals surface area (Å²) in [5, 5.41) is 6.53. The lowest BCUT2D eigenvalue weighted by Crippen LogP contribution is -2.52. The minimum absolute atomic E-state index is 0. The number of guanidine groups is 1. The highest BCUT2D eigenvalue weighted by Gasteiger charge is 2.20. The molecule has 1 aliphatic heterocycles. The normalized spacial score (nSPS) is 18.4. The van der Waals surface area contributed by atoms with E-state index in [0.29, 0.717) is 19.0 Å². The van der Waals surface area contributed by atoms with Gasteiger partial charge in [0.15, 0.2) is 5.96 Å². The van der Waals surface area contributed by atoms with Crippen molar-refractivity contribution in [1.29, 1.82) is 0 Å². The quantitative estimate of drug-likeness (QED) is 0.335. The van der Waals surface area contributed by atoms with Crippen LogP contribution in [0.25, 0.3) is 0 Å². The number of carbonyl (C=O) groups is 1. The monoisotopic (exact) mass is 513 g/mol. The van der Waals surface area contributed by atoms with E-state index >= 15 is 0 Å². The standard InChI is InChI=1S/C22H35N5O.HI/c1-2-23-22(24-13-12-21(28)25-20-10-6-7-11-20)27-16-14-26(15-17-27)18-19-8-4-3-5-9-19;/h3-5,8-9,20H,2,6-7,10-18H2,1H3,(H,23,24)(H,25,28);1H. The van der Waals surface area contributed by atoms with Crippen molar-refractivity contribution >= 4 is 35.8 Å². The highest BCUT2D eigenvalue weighted by molar-refractivity contribution is 14.0. The highest BCUT2D eigenvalue weighted by Crippen LogP contribution is 2.17. The first-order valence-corrected chi connectivity index (χ1v) is 10.8. The lowest BCUT2D eigenvalue weighted by molar-refractivity contribution is -0.121. The van der Waals surface area contributed by atoms with E-state index in [1.165, 1.54) is 18.4 Å². The molecule has 1 amide bonds. The maximum Gasteiger partial charge on any atom is 0.222 e. The molecule has 2 N–H and O–H groups in total. The van der Waals surface area contributed by atoms with Gasteiger partial charge in [0.05, 0.1) is 6.54 Å². The molecule has 0 unspecified atom stereocenters. The van der Waals surface area contributed by atoms with Crippen molar-refractivity contribution < 1.29 is 4.79 Å². The van der Waals surface area contributed by atoms with Gasteiger partial charge in [-0.3, -0.25) is 14.7 Å². The van der Waals surface area contributed by atoms with Crippen LogP contribution >= 0.6 is 24.0 Å². The maximum atomic E-state index is 12.1. The van der Waals surface area contributed by atoms with E-state index in [-0.39, 0.29) is 29.9 Å². The largest absolute Gasteiger partial charge is 0.357 e. The Labute approximate surface area is 192 Å². The zero-order chi connectivity index (χ0) is 19.6. The van der Waals surface area contributed by atoms with E-state index in [1.54, 1.807) is 0 Å². The number of nitrogens with one attached hydrogen (secondary N) is 2. The molecular weight excluding hydrogens is 477 g/mol. The van der Waals surface area contributed by atoms with Gasteiger partial charge >= 0.3 is 0 Å². The number of benzene rings is 1. The van der Waals surface area contributed by atoms with Crippen LogP contribution in [0.5, 0.6) is 0 Å². The Morgan fingerprint density at radius 1 is 1.10 bits per heavy atom. The van der Waals surface area contributed by atoms with Crippen LogP contribution in [0, 0.1) is 0 Å². The van der Waals surface area contributed by atoms with Gasteiger partial charge in [-0.15, -0.1) is 24.0 Å². The Morgan fingerprint density at radius 3 is 2.45 bits per heavy atom. The van der Waals surface area contributed by atoms with Crippen LogP contribution in [0.4, 0.5) is 0 Å². The SMILES string of the molecule is CCNC(=NCCC(=O)NC1CCCC1)N1CCN(Cc2ccccc2)CC1.I. The predicted octanol–water partition coefficient (Wildman–Crippen LogP) is 2.84. The first-order chi connectivity index (χ1) is 13.7. The molecule has 1 heterocycles. The molecule has 162 valence electrons. The third-order valence-electron chi connectivity index (χ3n) is 5.58. The maximum absolute atomic E-state index is 12.1. The summed E-state index contributed by atoms with van der Waals surface area (Å²) in [4.78, 5) is 21.6. The number of halogens is 1. The van der Waals surface area contributed by atoms with Gasteiger partial charge < -0.3 is 15.5 Å². The number of amides is 1. The smallest absolute Gasteiger partial charge is 0.222 e. The molecule has 1 aromatic rings. The average molecular weight is 513 g/mol. The predicted molar refractivity (Wildman–Crippen MR) is 130 cm³/mol. The number of piperazine rings is 1. The summed E-state index contributed by atoms with van der Waals surface area (Å²) in [6.45, 7) is 8.48. The summed E-state index contributed by atoms with van der Waals surface area (Å²) in [5.74, 6) is 1.08. The third-order valence-corrected chi connectivity index (χ3v) is 5.58. The van der Waals surface area contributed by atoms with Gasteiger partial charge in [-0.1, -0.05) is 43.2 Å². The van der Waals surface area contributed by atoms with E-state index in [9.17, 15) is 4.79 Å². The number of hydrogen-bond donors (Lipinski definition) is 2. The number of rotatable bonds is 7. The van der Waals surface area contributed by atoms with Crippen LogP contribution in [0.3, 0.4) is 0 Å². The van der Waals surface area contributed by atoms with E-state index in [4.69, 9.17) is 4.99 Å². The Balaban J connectivity index is 0.00000300. The molecule has 7 heteroatoms. The van der Waals surface area contributed by atoms with E-state index in [1.807, 2.05) is 0 Å². The van der Waals surface area contributed by atoms with Crippen molar-refractivity contribution in [2.45, 2.75) is 51.6 Å². The van der Waals surface area contributed by atoms with Gasteiger partial charge in [0.1, 0.15) is 0 Å². The molecule has 0 atom stereocenters. The second kappa shape index (κ2) is 13.1. The fraction of sp³-hybridized carbons (Fsp3) is 0.636. The summed E-state index contributed by atoms with van der Waals surface area (Å²) in [5.41, 5.74) is 1.37. The zero-order valence-electron chi connectivity index (χ0n) is 17.6. The molecule has 2 aliphatic rings. The Morgan fingerprint density at radius 2 is 1.79 bits per heavy atom. The lowest BCUT2D eigenvalue weighted by atomic mass is 10.2. The molecule has 1 aliphatic carbocycles. The van der Waals surface area contributed by atoms with E-state index in [0.717, 1.165) is 58.1 Å². The summed E-state index contributed by atoms with van der Waals surface area (Å²) >= 11 is 0. The van der Waals surface area contributed by atoms with E-state index < -0.39 is 0 Å². The second-order valence-electron chi connectivity index (χ2n) is 7.78. The molecule has 0 bridgehead atoms. The van der Waals surface area contributed by atoms with Crippen LogP contribution in [-0.4, -0.2) is 67.0 Å². The molecular formula is C22H36IN5O. The zero-order valence-corrected chi connectivity index (χ0v) is 19.9. The summed E-state index contributed by atoms with van der Waals surface area (Å²) < 4.78 is 0. The lowest BCUT2D eigenvalue weighted by Gasteiger charge is -2.36. The number of carbonyl (C=O) groups excluding carboxylic acids is 1. The molecule has 1 saturated carbocycles. The third kappa shape index (κ3) is 8.12. The fourth-order valence-electron chi connectivity index (χ4n) is 4.02. The van der Waals surface area contributed by atoms with Crippen LogP contribution < -0.4 is 10.6 Å². The topological polar surface area (TPSA) is 60.0 Å². The molecule has 0 radical (unpaired) electrons. The van der Waals surface area contributed by atoms with Crippen molar-refractivity contribution in [3.8, 4) is 0 Å². The Hall–Kier alpha value is -1.35. The Kier molecular flexibility index (Phi) is 10.8. The van der Waals surface area contributed by atoms with Crippen molar-refractivity contribution in [2.75, 3.05) is 39.3 Å². The molecule has 1 aromatic carbocycles. The minimum atomic E-state index is 0. The number of nitrogens with zero attached hydrogens (tertiary/aromatic N) is 3. The molecule has 6 nitrogen and oxygen atoms in total. The average Bonchev–Trinajstić information content (AvgIpc) is 3.22. The van der Waals surface area contributed by atoms with Gasteiger partial charge in [0.25, 0.3) is 0 Å². The fourth-order valence-corrected chi connectivity index (χ4v) is 4.02. The number of hydrogen-bond acceptors (Lipinski definition) is 3. The molecule has 1 saturated heterocycles. The van der Waals surface area contributed by atoms with Crippen LogP contribution in [0.15, 0.2) is 35.3 Å². The first-order valence-electron chi connectivity index (χ1n) is 10.8. The Bertz CT molecular complexity index is 625. The summed E-state index contributed by atoms with van der Waals surface area (Å²) in [7, 11) is 0. The van der Waals surface area contributed by atoms with Crippen molar-refractivity contribution in [1.82, 2.24) is 20.4 Å².